The molecule has 0 heterocycles. The lowest BCUT2D eigenvalue weighted by molar-refractivity contribution is -0.0501. The molecule has 0 bridgehead atoms. The van der Waals surface area contributed by atoms with Crippen LogP contribution in [0.25, 0.3) is 0 Å². The number of alkyl halides is 2. The quantitative estimate of drug-likeness (QED) is 0.804. The number of carbonyl (C=O) groups excluding carboxylic acids is 1. The maximum Gasteiger partial charge on any atom is 0.387 e. The molecule has 1 rings (SSSR count). The number of nitriles is 1. The molecule has 6 heteroatoms. The van der Waals surface area contributed by atoms with E-state index >= 15 is 0 Å². The summed E-state index contributed by atoms with van der Waals surface area (Å²) in [4.78, 5) is 11.3. The van der Waals surface area contributed by atoms with Gasteiger partial charge in [-0.25, -0.2) is 0 Å². The van der Waals surface area contributed by atoms with Crippen LogP contribution in [-0.2, 0) is 0 Å². The third kappa shape index (κ3) is 2.55. The maximum absolute atomic E-state index is 12.1. The summed E-state index contributed by atoms with van der Waals surface area (Å²) in [6.07, 6.45) is 0. The van der Waals surface area contributed by atoms with Crippen LogP contribution in [0.15, 0.2) is 16.6 Å². The molecular weight excluding hydrogens is 284 g/mol. The molecule has 0 radical (unpaired) electrons. The van der Waals surface area contributed by atoms with Gasteiger partial charge in [0.15, 0.2) is 5.78 Å². The second-order valence-electron chi connectivity index (χ2n) is 2.84. The van der Waals surface area contributed by atoms with Crippen LogP contribution in [0.3, 0.4) is 0 Å². The summed E-state index contributed by atoms with van der Waals surface area (Å²) in [6, 6.07) is 4.36. The van der Waals surface area contributed by atoms with Gasteiger partial charge in [-0.3, -0.25) is 4.79 Å². The van der Waals surface area contributed by atoms with Crippen molar-refractivity contribution in [3.63, 3.8) is 0 Å². The number of ketones is 1. The maximum atomic E-state index is 12.1. The minimum absolute atomic E-state index is 0.00866. The van der Waals surface area contributed by atoms with Gasteiger partial charge >= 0.3 is 6.61 Å². The minimum Gasteiger partial charge on any atom is -0.434 e. The molecule has 0 amide bonds. The van der Waals surface area contributed by atoms with Crippen LogP contribution >= 0.6 is 15.9 Å². The molecule has 0 spiro atoms. The standard InChI is InChI=1S/C10H6BrF2NO2/c1-5(15)9-6(4-14)7(11)2-3-8(9)16-10(12)13/h2-3,10H,1H3. The normalized spacial score (nSPS) is 10.0. The molecule has 1 aromatic carbocycles. The first-order valence-electron chi connectivity index (χ1n) is 4.15. The van der Waals surface area contributed by atoms with E-state index in [-0.39, 0.29) is 16.9 Å². The van der Waals surface area contributed by atoms with E-state index in [2.05, 4.69) is 20.7 Å². The number of ether oxygens (including phenoxy) is 1. The van der Waals surface area contributed by atoms with Gasteiger partial charge in [-0.2, -0.15) is 14.0 Å². The molecule has 0 atom stereocenters. The first-order chi connectivity index (χ1) is 7.47. The van der Waals surface area contributed by atoms with Crippen molar-refractivity contribution in [1.82, 2.24) is 0 Å². The van der Waals surface area contributed by atoms with Crippen LogP contribution in [-0.4, -0.2) is 12.4 Å². The molecule has 0 aliphatic carbocycles. The summed E-state index contributed by atoms with van der Waals surface area (Å²) in [7, 11) is 0. The fourth-order valence-corrected chi connectivity index (χ4v) is 1.63. The average Bonchev–Trinajstić information content (AvgIpc) is 2.18. The Morgan fingerprint density at radius 1 is 1.56 bits per heavy atom. The highest BCUT2D eigenvalue weighted by molar-refractivity contribution is 9.10. The Bertz CT molecular complexity index is 469. The molecule has 0 aromatic heterocycles. The third-order valence-corrected chi connectivity index (χ3v) is 2.46. The number of rotatable bonds is 3. The predicted molar refractivity (Wildman–Crippen MR) is 55.5 cm³/mol. The van der Waals surface area contributed by atoms with E-state index in [1.165, 1.54) is 19.1 Å². The van der Waals surface area contributed by atoms with Gasteiger partial charge in [-0.05, 0) is 35.0 Å². The van der Waals surface area contributed by atoms with Crippen molar-refractivity contribution < 1.29 is 18.3 Å². The van der Waals surface area contributed by atoms with E-state index in [1.807, 2.05) is 0 Å². The Morgan fingerprint density at radius 3 is 2.62 bits per heavy atom. The largest absolute Gasteiger partial charge is 0.434 e. The van der Waals surface area contributed by atoms with Crippen molar-refractivity contribution in [1.29, 1.82) is 5.26 Å². The first kappa shape index (κ1) is 12.6. The molecule has 0 saturated heterocycles. The molecule has 0 saturated carbocycles. The van der Waals surface area contributed by atoms with Crippen LogP contribution in [0, 0.1) is 11.3 Å². The predicted octanol–water partition coefficient (Wildman–Crippen LogP) is 3.12. The van der Waals surface area contributed by atoms with Crippen molar-refractivity contribution >= 4 is 21.7 Å². The Labute approximate surface area is 98.8 Å². The summed E-state index contributed by atoms with van der Waals surface area (Å²) >= 11 is 3.06. The van der Waals surface area contributed by atoms with Crippen LogP contribution in [0.1, 0.15) is 22.8 Å². The van der Waals surface area contributed by atoms with Gasteiger partial charge in [0.25, 0.3) is 0 Å². The number of nitrogens with zero attached hydrogens (tertiary/aromatic N) is 1. The van der Waals surface area contributed by atoms with Gasteiger partial charge in [0.1, 0.15) is 11.8 Å². The number of hydrogen-bond acceptors (Lipinski definition) is 3. The molecule has 1 aromatic rings. The zero-order chi connectivity index (χ0) is 12.3. The summed E-state index contributed by atoms with van der Waals surface area (Å²) < 4.78 is 28.7. The lowest BCUT2D eigenvalue weighted by atomic mass is 10.0. The third-order valence-electron chi connectivity index (χ3n) is 1.80. The van der Waals surface area contributed by atoms with Gasteiger partial charge in [0.05, 0.1) is 11.1 Å². The Kier molecular flexibility index (Phi) is 3.96. The van der Waals surface area contributed by atoms with Crippen LogP contribution in [0.5, 0.6) is 5.75 Å². The molecule has 16 heavy (non-hydrogen) atoms. The Morgan fingerprint density at radius 2 is 2.19 bits per heavy atom. The van der Waals surface area contributed by atoms with Crippen molar-refractivity contribution in [3.8, 4) is 11.8 Å². The summed E-state index contributed by atoms with van der Waals surface area (Å²) in [5, 5.41) is 8.83. The highest BCUT2D eigenvalue weighted by Crippen LogP contribution is 2.30. The monoisotopic (exact) mass is 289 g/mol. The van der Waals surface area contributed by atoms with Gasteiger partial charge in [0.2, 0.25) is 0 Å². The average molecular weight is 290 g/mol. The topological polar surface area (TPSA) is 50.1 Å². The van der Waals surface area contributed by atoms with Crippen molar-refractivity contribution in [3.05, 3.63) is 27.7 Å². The molecule has 0 unspecified atom stereocenters. The van der Waals surface area contributed by atoms with Gasteiger partial charge in [-0.1, -0.05) is 0 Å². The van der Waals surface area contributed by atoms with Crippen LogP contribution < -0.4 is 4.74 Å². The Hall–Kier alpha value is -1.48. The van der Waals surface area contributed by atoms with Crippen LogP contribution in [0.2, 0.25) is 0 Å². The smallest absolute Gasteiger partial charge is 0.387 e. The SMILES string of the molecule is CC(=O)c1c(OC(F)F)ccc(Br)c1C#N. The van der Waals surface area contributed by atoms with E-state index in [1.54, 1.807) is 6.07 Å². The fraction of sp³-hybridized carbons (Fsp3) is 0.200. The Balaban J connectivity index is 3.40. The van der Waals surface area contributed by atoms with Gasteiger partial charge in [-0.15, -0.1) is 0 Å². The highest BCUT2D eigenvalue weighted by Gasteiger charge is 2.19. The van der Waals surface area contributed by atoms with E-state index in [0.717, 1.165) is 0 Å². The number of halogens is 3. The summed E-state index contributed by atoms with van der Waals surface area (Å²) in [6.45, 7) is -1.85. The molecular formula is C10H6BrF2NO2. The van der Waals surface area contributed by atoms with Crippen LogP contribution in [0.4, 0.5) is 8.78 Å². The van der Waals surface area contributed by atoms with E-state index in [9.17, 15) is 13.6 Å². The second kappa shape index (κ2) is 5.03. The lowest BCUT2D eigenvalue weighted by Gasteiger charge is -2.10. The van der Waals surface area contributed by atoms with Crippen molar-refractivity contribution in [2.24, 2.45) is 0 Å². The van der Waals surface area contributed by atoms with Gasteiger partial charge in [0, 0.05) is 4.47 Å². The first-order valence-corrected chi connectivity index (χ1v) is 4.95. The lowest BCUT2D eigenvalue weighted by Crippen LogP contribution is -2.08. The van der Waals surface area contributed by atoms with E-state index < -0.39 is 12.4 Å². The van der Waals surface area contributed by atoms with Crippen molar-refractivity contribution in [2.45, 2.75) is 13.5 Å². The highest BCUT2D eigenvalue weighted by atomic mass is 79.9. The number of hydrogen-bond donors (Lipinski definition) is 0. The molecule has 0 aliphatic heterocycles. The molecule has 3 nitrogen and oxygen atoms in total. The van der Waals surface area contributed by atoms with E-state index in [4.69, 9.17) is 5.26 Å². The molecule has 84 valence electrons. The van der Waals surface area contributed by atoms with E-state index in [0.29, 0.717) is 4.47 Å². The minimum atomic E-state index is -3.04. The second-order valence-corrected chi connectivity index (χ2v) is 3.70. The van der Waals surface area contributed by atoms with Gasteiger partial charge < -0.3 is 4.74 Å². The zero-order valence-corrected chi connectivity index (χ0v) is 9.72. The zero-order valence-electron chi connectivity index (χ0n) is 8.13. The summed E-state index contributed by atoms with van der Waals surface area (Å²) in [5.41, 5.74) is -0.150. The van der Waals surface area contributed by atoms with Crippen molar-refractivity contribution in [2.75, 3.05) is 0 Å². The molecule has 0 fully saturated rings. The number of Topliss-reactive ketones (excluding diaryl/α,β-unsaturated/α-hetero) is 1. The number of carbonyl (C=O) groups is 1. The molecule has 0 aliphatic rings. The fourth-order valence-electron chi connectivity index (χ4n) is 1.21. The number of benzene rings is 1. The summed E-state index contributed by atoms with van der Waals surface area (Å²) in [5.74, 6) is -0.796. The molecule has 0 N–H and O–H groups in total.